The molecular weight excluding hydrogens is 524 g/mol. The molecule has 2 fully saturated rings. The van der Waals surface area contributed by atoms with Crippen LogP contribution in [0.3, 0.4) is 0 Å². The lowest BCUT2D eigenvalue weighted by Crippen LogP contribution is -2.44. The number of nitrogens with zero attached hydrogens (tertiary/aromatic N) is 4. The van der Waals surface area contributed by atoms with Crippen LogP contribution in [0.25, 0.3) is 5.52 Å². The lowest BCUT2D eigenvalue weighted by Gasteiger charge is -2.32. The highest BCUT2D eigenvalue weighted by atomic mass is 16.7. The number of anilines is 1. The van der Waals surface area contributed by atoms with Gasteiger partial charge in [-0.3, -0.25) is 15.1 Å². The van der Waals surface area contributed by atoms with Crippen molar-refractivity contribution < 1.29 is 38.7 Å². The van der Waals surface area contributed by atoms with Gasteiger partial charge in [-0.15, -0.1) is 0 Å². The SMILES string of the molecule is C=C(C)OCOC(=O)Nc1ncnn2c([C@]3(/C=N\C)O[C@H](COC(=O)CC4(N)CCCCC4)[C@@H](O)[C@H]3O)ccc12. The summed E-state index contributed by atoms with van der Waals surface area (Å²) in [6.07, 6.45) is 2.34. The van der Waals surface area contributed by atoms with Crippen molar-refractivity contribution in [2.75, 3.05) is 25.8 Å². The highest BCUT2D eigenvalue weighted by Gasteiger charge is 2.56. The second-order valence-electron chi connectivity index (χ2n) is 10.2. The number of fused-ring (bicyclic) bond motifs is 1. The van der Waals surface area contributed by atoms with Crippen molar-refractivity contribution in [3.8, 4) is 0 Å². The van der Waals surface area contributed by atoms with Crippen molar-refractivity contribution in [1.82, 2.24) is 14.6 Å². The first kappa shape index (κ1) is 29.4. The Bertz CT molecular complexity index is 1260. The maximum Gasteiger partial charge on any atom is 0.415 e. The molecule has 2 aliphatic rings. The van der Waals surface area contributed by atoms with Crippen LogP contribution in [0.4, 0.5) is 10.6 Å². The zero-order valence-corrected chi connectivity index (χ0v) is 22.6. The Labute approximate surface area is 231 Å². The average Bonchev–Trinajstić information content (AvgIpc) is 3.44. The number of aliphatic hydroxyl groups is 2. The zero-order valence-electron chi connectivity index (χ0n) is 22.6. The molecule has 3 heterocycles. The van der Waals surface area contributed by atoms with Gasteiger partial charge in [0.1, 0.15) is 36.8 Å². The first-order valence-electron chi connectivity index (χ1n) is 13.1. The summed E-state index contributed by atoms with van der Waals surface area (Å²) in [6, 6.07) is 3.19. The number of carbonyl (C=O) groups excluding carboxylic acids is 2. The van der Waals surface area contributed by atoms with Crippen molar-refractivity contribution in [3.63, 3.8) is 0 Å². The van der Waals surface area contributed by atoms with Crippen molar-refractivity contribution in [2.45, 2.75) is 74.9 Å². The van der Waals surface area contributed by atoms with Crippen LogP contribution in [-0.2, 0) is 29.3 Å². The molecule has 0 unspecified atom stereocenters. The van der Waals surface area contributed by atoms with Gasteiger partial charge in [-0.1, -0.05) is 25.8 Å². The molecule has 2 aromatic rings. The molecule has 4 atom stereocenters. The van der Waals surface area contributed by atoms with E-state index in [4.69, 9.17) is 24.7 Å². The van der Waals surface area contributed by atoms with Gasteiger partial charge in [0.15, 0.2) is 11.4 Å². The van der Waals surface area contributed by atoms with Crippen LogP contribution in [-0.4, -0.2) is 87.4 Å². The number of nitrogens with one attached hydrogen (secondary N) is 1. The molecule has 0 bridgehead atoms. The number of carbonyl (C=O) groups is 2. The van der Waals surface area contributed by atoms with E-state index in [1.807, 2.05) is 0 Å². The van der Waals surface area contributed by atoms with Gasteiger partial charge in [-0.05, 0) is 31.9 Å². The maximum atomic E-state index is 12.6. The molecule has 5 N–H and O–H groups in total. The van der Waals surface area contributed by atoms with Gasteiger partial charge in [0.2, 0.25) is 6.79 Å². The quantitative estimate of drug-likeness (QED) is 0.142. The minimum absolute atomic E-state index is 0.0672. The number of allylic oxidation sites excluding steroid dienone is 1. The Kier molecular flexibility index (Phi) is 9.03. The van der Waals surface area contributed by atoms with E-state index < -0.39 is 41.5 Å². The lowest BCUT2D eigenvalue weighted by molar-refractivity contribution is -0.152. The molecule has 0 aromatic carbocycles. The number of aromatic nitrogens is 3. The second-order valence-corrected chi connectivity index (χ2v) is 10.2. The molecule has 1 saturated carbocycles. The Balaban J connectivity index is 1.51. The van der Waals surface area contributed by atoms with E-state index in [-0.39, 0.29) is 25.6 Å². The van der Waals surface area contributed by atoms with Crippen LogP contribution in [0.1, 0.15) is 51.1 Å². The highest BCUT2D eigenvalue weighted by molar-refractivity contribution is 5.89. The second kappa shape index (κ2) is 12.3. The van der Waals surface area contributed by atoms with Crippen molar-refractivity contribution in [3.05, 3.63) is 36.5 Å². The number of amides is 1. The molecule has 1 amide bonds. The third-order valence-electron chi connectivity index (χ3n) is 7.13. The minimum atomic E-state index is -1.66. The summed E-state index contributed by atoms with van der Waals surface area (Å²) >= 11 is 0. The fourth-order valence-corrected chi connectivity index (χ4v) is 5.14. The van der Waals surface area contributed by atoms with Crippen molar-refractivity contribution in [1.29, 1.82) is 0 Å². The van der Waals surface area contributed by atoms with Crippen LogP contribution in [0.5, 0.6) is 0 Å². The van der Waals surface area contributed by atoms with E-state index in [9.17, 15) is 19.8 Å². The fourth-order valence-electron chi connectivity index (χ4n) is 5.14. The van der Waals surface area contributed by atoms with Gasteiger partial charge in [0, 0.05) is 18.8 Å². The Morgan fingerprint density at radius 3 is 2.73 bits per heavy atom. The summed E-state index contributed by atoms with van der Waals surface area (Å²) in [5.41, 5.74) is 4.76. The summed E-state index contributed by atoms with van der Waals surface area (Å²) in [6.45, 7) is 4.54. The fraction of sp³-hybridized carbons (Fsp3) is 0.577. The Morgan fingerprint density at radius 1 is 1.27 bits per heavy atom. The molecule has 0 spiro atoms. The van der Waals surface area contributed by atoms with Crippen LogP contribution in [0.2, 0.25) is 0 Å². The van der Waals surface area contributed by atoms with E-state index in [0.29, 0.717) is 17.0 Å². The zero-order chi connectivity index (χ0) is 28.9. The summed E-state index contributed by atoms with van der Waals surface area (Å²) in [5.74, 6) is 0.00447. The summed E-state index contributed by atoms with van der Waals surface area (Å²) in [7, 11) is 1.49. The van der Waals surface area contributed by atoms with Crippen LogP contribution in [0.15, 0.2) is 35.8 Å². The molecule has 40 heavy (non-hydrogen) atoms. The summed E-state index contributed by atoms with van der Waals surface area (Å²) in [5, 5.41) is 28.8. The molecule has 1 saturated heterocycles. The molecule has 4 rings (SSSR count). The topological polar surface area (TPSA) is 192 Å². The van der Waals surface area contributed by atoms with Gasteiger partial charge in [0.05, 0.1) is 17.9 Å². The smallest absolute Gasteiger partial charge is 0.415 e. The molecule has 14 heteroatoms. The lowest BCUT2D eigenvalue weighted by atomic mass is 9.80. The van der Waals surface area contributed by atoms with Crippen molar-refractivity contribution >= 4 is 29.6 Å². The van der Waals surface area contributed by atoms with Gasteiger partial charge >= 0.3 is 12.1 Å². The molecule has 2 aromatic heterocycles. The summed E-state index contributed by atoms with van der Waals surface area (Å²) in [4.78, 5) is 32.9. The molecule has 1 aliphatic carbocycles. The number of aliphatic hydroxyl groups excluding tert-OH is 2. The number of hydrogen-bond donors (Lipinski definition) is 4. The number of ether oxygens (including phenoxy) is 4. The Hall–Kier alpha value is -3.59. The van der Waals surface area contributed by atoms with E-state index in [2.05, 4.69) is 27.0 Å². The number of aliphatic imine (C=N–C) groups is 1. The predicted molar refractivity (Wildman–Crippen MR) is 142 cm³/mol. The molecular formula is C26H36N6O8. The number of esters is 1. The van der Waals surface area contributed by atoms with Gasteiger partial charge in [0.25, 0.3) is 0 Å². The first-order valence-corrected chi connectivity index (χ1v) is 13.1. The molecule has 0 radical (unpaired) electrons. The molecule has 14 nitrogen and oxygen atoms in total. The molecule has 1 aliphatic heterocycles. The van der Waals surface area contributed by atoms with Crippen LogP contribution in [0, 0.1) is 0 Å². The van der Waals surface area contributed by atoms with Gasteiger partial charge in [-0.2, -0.15) is 5.10 Å². The monoisotopic (exact) mass is 560 g/mol. The number of nitrogens with two attached hydrogens (primary N) is 1. The van der Waals surface area contributed by atoms with Gasteiger partial charge < -0.3 is 34.9 Å². The summed E-state index contributed by atoms with van der Waals surface area (Å²) < 4.78 is 22.9. The Morgan fingerprint density at radius 2 is 2.02 bits per heavy atom. The van der Waals surface area contributed by atoms with Crippen LogP contribution < -0.4 is 11.1 Å². The third kappa shape index (κ3) is 6.25. The normalized spacial score (nSPS) is 26.1. The number of rotatable bonds is 10. The van der Waals surface area contributed by atoms with E-state index in [1.165, 1.54) is 24.1 Å². The standard InChI is InChI=1S/C26H36N6O8/c1-16(2)38-15-39-24(36)31-23-17-7-8-19(32(17)30-14-29-23)26(13-28-3)22(35)21(34)18(40-26)12-37-20(33)11-25(27)9-5-4-6-10-25/h7-8,13-14,18,21-22,34-35H,1,4-6,9-12,15,27H2,2-3H3,(H,29,30,31,36)/b28-13-/t18-,21-,22-,26+/m1/s1. The first-order chi connectivity index (χ1) is 19.1. The number of hydrogen-bond acceptors (Lipinski definition) is 12. The maximum absolute atomic E-state index is 12.6. The third-order valence-corrected chi connectivity index (χ3v) is 7.13. The predicted octanol–water partition coefficient (Wildman–Crippen LogP) is 1.40. The van der Waals surface area contributed by atoms with Crippen LogP contribution >= 0.6 is 0 Å². The van der Waals surface area contributed by atoms with E-state index >= 15 is 0 Å². The van der Waals surface area contributed by atoms with E-state index in [1.54, 1.807) is 19.1 Å². The highest BCUT2D eigenvalue weighted by Crippen LogP contribution is 2.40. The average molecular weight is 561 g/mol. The van der Waals surface area contributed by atoms with Crippen molar-refractivity contribution in [2.24, 2.45) is 10.7 Å². The minimum Gasteiger partial charge on any atom is -0.463 e. The molecule has 218 valence electrons. The van der Waals surface area contributed by atoms with E-state index in [0.717, 1.165) is 32.1 Å². The largest absolute Gasteiger partial charge is 0.463 e. The van der Waals surface area contributed by atoms with Gasteiger partial charge in [-0.25, -0.2) is 14.3 Å².